The van der Waals surface area contributed by atoms with Crippen molar-refractivity contribution in [1.82, 2.24) is 0 Å². The van der Waals surface area contributed by atoms with E-state index in [-0.39, 0.29) is 18.0 Å². The molecule has 0 radical (unpaired) electrons. The molecule has 1 aromatic carbocycles. The Bertz CT molecular complexity index is 407. The Morgan fingerprint density at radius 2 is 2.00 bits per heavy atom. The van der Waals surface area contributed by atoms with Crippen molar-refractivity contribution < 1.29 is 23.7 Å². The quantitative estimate of drug-likeness (QED) is 0.698. The molecule has 0 saturated carbocycles. The summed E-state index contributed by atoms with van der Waals surface area (Å²) in [5.74, 6) is -0.0589. The maximum atomic E-state index is 12.3. The van der Waals surface area contributed by atoms with E-state index in [1.54, 1.807) is 6.07 Å². The summed E-state index contributed by atoms with van der Waals surface area (Å²) in [5, 5.41) is 20.6. The molecule has 0 heterocycles. The zero-order chi connectivity index (χ0) is 13.7. The minimum absolute atomic E-state index is 0.0102. The Hall–Kier alpha value is -0.440. The molecule has 0 fully saturated rings. The van der Waals surface area contributed by atoms with E-state index in [4.69, 9.17) is 5.11 Å². The van der Waals surface area contributed by atoms with E-state index in [2.05, 4.69) is 41.9 Å². The molecular weight excluding hydrogens is 380 g/mol. The first-order chi connectivity index (χ1) is 8.43. The second-order valence-electron chi connectivity index (χ2n) is 3.36. The smallest absolute Gasteiger partial charge is 0.387 e. The number of aliphatic hydroxyl groups excluding tert-OH is 2. The zero-order valence-electron chi connectivity index (χ0n) is 9.04. The fourth-order valence-corrected chi connectivity index (χ4v) is 2.52. The van der Waals surface area contributed by atoms with Gasteiger partial charge in [-0.15, -0.1) is 0 Å². The summed E-state index contributed by atoms with van der Waals surface area (Å²) < 4.78 is 30.0. The number of rotatable bonds is 6. The Balaban J connectivity index is 2.92. The third-order valence-electron chi connectivity index (χ3n) is 1.96. The minimum atomic E-state index is -2.95. The van der Waals surface area contributed by atoms with Crippen LogP contribution in [0.5, 0.6) is 5.75 Å². The van der Waals surface area contributed by atoms with Crippen LogP contribution in [0.15, 0.2) is 21.1 Å². The molecule has 102 valence electrons. The van der Waals surface area contributed by atoms with Gasteiger partial charge in [-0.05, 0) is 28.1 Å². The summed E-state index contributed by atoms with van der Waals surface area (Å²) in [7, 11) is 0. The molecule has 0 aliphatic heterocycles. The molecule has 0 aliphatic carbocycles. The van der Waals surface area contributed by atoms with Crippen LogP contribution in [-0.2, 0) is 0 Å². The topological polar surface area (TPSA) is 61.7 Å². The van der Waals surface area contributed by atoms with Crippen molar-refractivity contribution in [2.24, 2.45) is 0 Å². The van der Waals surface area contributed by atoms with Crippen molar-refractivity contribution in [1.29, 1.82) is 0 Å². The lowest BCUT2D eigenvalue weighted by molar-refractivity contribution is -0.0494. The van der Waals surface area contributed by atoms with Crippen LogP contribution >= 0.6 is 31.9 Å². The maximum Gasteiger partial charge on any atom is 0.387 e. The van der Waals surface area contributed by atoms with Crippen molar-refractivity contribution in [3.63, 3.8) is 0 Å². The number of benzene rings is 1. The lowest BCUT2D eigenvalue weighted by Gasteiger charge is -2.16. The first-order valence-corrected chi connectivity index (χ1v) is 6.49. The summed E-state index contributed by atoms with van der Waals surface area (Å²) in [6.45, 7) is -3.36. The van der Waals surface area contributed by atoms with Crippen LogP contribution in [-0.4, -0.2) is 36.1 Å². The molecule has 18 heavy (non-hydrogen) atoms. The molecule has 0 bridgehead atoms. The zero-order valence-corrected chi connectivity index (χ0v) is 12.2. The van der Waals surface area contributed by atoms with Crippen LogP contribution in [0.4, 0.5) is 14.5 Å². The van der Waals surface area contributed by atoms with Gasteiger partial charge in [0.15, 0.2) is 5.75 Å². The maximum absolute atomic E-state index is 12.3. The highest BCUT2D eigenvalue weighted by molar-refractivity contribution is 9.11. The summed E-state index contributed by atoms with van der Waals surface area (Å²) in [6, 6.07) is 3.02. The van der Waals surface area contributed by atoms with Gasteiger partial charge in [0.05, 0.1) is 18.4 Å². The molecule has 0 aromatic heterocycles. The number of aliphatic hydroxyl groups is 2. The van der Waals surface area contributed by atoms with E-state index in [1.807, 2.05) is 0 Å². The van der Waals surface area contributed by atoms with E-state index < -0.39 is 19.3 Å². The van der Waals surface area contributed by atoms with E-state index in [1.165, 1.54) is 6.07 Å². The molecule has 0 saturated heterocycles. The molecule has 0 amide bonds. The number of hydrogen-bond acceptors (Lipinski definition) is 4. The van der Waals surface area contributed by atoms with Crippen molar-refractivity contribution in [3.8, 4) is 5.75 Å². The van der Waals surface area contributed by atoms with Gasteiger partial charge in [-0.1, -0.05) is 15.9 Å². The van der Waals surface area contributed by atoms with E-state index in [0.29, 0.717) is 8.95 Å². The van der Waals surface area contributed by atoms with Gasteiger partial charge in [0.2, 0.25) is 0 Å². The van der Waals surface area contributed by atoms with Crippen molar-refractivity contribution >= 4 is 37.5 Å². The Labute approximate surface area is 119 Å². The van der Waals surface area contributed by atoms with Gasteiger partial charge >= 0.3 is 6.61 Å². The number of halogens is 4. The highest BCUT2D eigenvalue weighted by atomic mass is 79.9. The standard InChI is InChI=1S/C10H11Br2F2NO3/c11-5-1-7(12)9(15-3-6(17)4-16)8(2-5)18-10(13)14/h1-2,6,10,15-17H,3-4H2. The molecule has 1 atom stereocenters. The third kappa shape index (κ3) is 4.68. The molecule has 1 rings (SSSR count). The number of anilines is 1. The van der Waals surface area contributed by atoms with E-state index in [9.17, 15) is 13.9 Å². The van der Waals surface area contributed by atoms with Gasteiger partial charge in [0.25, 0.3) is 0 Å². The van der Waals surface area contributed by atoms with Crippen molar-refractivity contribution in [3.05, 3.63) is 21.1 Å². The highest BCUT2D eigenvalue weighted by Gasteiger charge is 2.15. The van der Waals surface area contributed by atoms with Crippen LogP contribution in [0.3, 0.4) is 0 Å². The Morgan fingerprint density at radius 3 is 2.56 bits per heavy atom. The summed E-state index contributed by atoms with van der Waals surface area (Å²) in [6.07, 6.45) is -0.986. The molecule has 4 nitrogen and oxygen atoms in total. The number of ether oxygens (including phenoxy) is 1. The lowest BCUT2D eigenvalue weighted by atomic mass is 10.2. The number of nitrogens with one attached hydrogen (secondary N) is 1. The predicted octanol–water partition coefficient (Wildman–Crippen LogP) is 2.58. The largest absolute Gasteiger partial charge is 0.433 e. The van der Waals surface area contributed by atoms with E-state index in [0.717, 1.165) is 0 Å². The number of hydrogen-bond donors (Lipinski definition) is 3. The van der Waals surface area contributed by atoms with Crippen LogP contribution in [0.1, 0.15) is 0 Å². The van der Waals surface area contributed by atoms with Gasteiger partial charge in [-0.3, -0.25) is 0 Å². The third-order valence-corrected chi connectivity index (χ3v) is 3.04. The summed E-state index contributed by atoms with van der Waals surface area (Å²) in [5.41, 5.74) is 0.283. The Morgan fingerprint density at radius 1 is 1.33 bits per heavy atom. The monoisotopic (exact) mass is 389 g/mol. The van der Waals surface area contributed by atoms with Crippen molar-refractivity contribution in [2.45, 2.75) is 12.7 Å². The minimum Gasteiger partial charge on any atom is -0.433 e. The second-order valence-corrected chi connectivity index (χ2v) is 5.13. The summed E-state index contributed by atoms with van der Waals surface area (Å²) >= 11 is 6.36. The number of alkyl halides is 2. The molecule has 8 heteroatoms. The summed E-state index contributed by atoms with van der Waals surface area (Å²) in [4.78, 5) is 0. The van der Waals surface area contributed by atoms with Crippen LogP contribution in [0.25, 0.3) is 0 Å². The van der Waals surface area contributed by atoms with Crippen LogP contribution < -0.4 is 10.1 Å². The molecule has 0 spiro atoms. The Kier molecular flexibility index (Phi) is 6.27. The SMILES string of the molecule is OCC(O)CNc1c(Br)cc(Br)cc1OC(F)F. The van der Waals surface area contributed by atoms with Gasteiger partial charge in [-0.25, -0.2) is 0 Å². The molecule has 3 N–H and O–H groups in total. The van der Waals surface area contributed by atoms with Gasteiger partial charge in [0.1, 0.15) is 0 Å². The van der Waals surface area contributed by atoms with Crippen LogP contribution in [0.2, 0.25) is 0 Å². The van der Waals surface area contributed by atoms with E-state index >= 15 is 0 Å². The molecular formula is C10H11Br2F2NO3. The van der Waals surface area contributed by atoms with Gasteiger partial charge < -0.3 is 20.3 Å². The highest BCUT2D eigenvalue weighted by Crippen LogP contribution is 2.37. The fourth-order valence-electron chi connectivity index (χ4n) is 1.19. The first kappa shape index (κ1) is 15.6. The second kappa shape index (κ2) is 7.22. The van der Waals surface area contributed by atoms with Crippen LogP contribution in [0, 0.1) is 0 Å². The first-order valence-electron chi connectivity index (χ1n) is 4.90. The molecule has 1 aromatic rings. The molecule has 1 unspecified atom stereocenters. The molecule has 0 aliphatic rings. The van der Waals surface area contributed by atoms with Crippen molar-refractivity contribution in [2.75, 3.05) is 18.5 Å². The van der Waals surface area contributed by atoms with Gasteiger partial charge in [-0.2, -0.15) is 8.78 Å². The predicted molar refractivity (Wildman–Crippen MR) is 70.1 cm³/mol. The normalized spacial score (nSPS) is 12.6. The lowest BCUT2D eigenvalue weighted by Crippen LogP contribution is -2.23. The average molecular weight is 391 g/mol. The van der Waals surface area contributed by atoms with Gasteiger partial charge in [0, 0.05) is 15.5 Å². The fraction of sp³-hybridized carbons (Fsp3) is 0.400. The average Bonchev–Trinajstić information content (AvgIpc) is 2.26.